The number of carbonyl (C=O) groups excluding carboxylic acids is 1. The second kappa shape index (κ2) is 6.39. The van der Waals surface area contributed by atoms with Crippen molar-refractivity contribution in [3.05, 3.63) is 30.2 Å². The summed E-state index contributed by atoms with van der Waals surface area (Å²) >= 11 is 0. The Balaban J connectivity index is 1.76. The van der Waals surface area contributed by atoms with Crippen LogP contribution in [0.25, 0.3) is 17.0 Å². The Morgan fingerprint density at radius 3 is 3.00 bits per heavy atom. The molecule has 2 N–H and O–H groups in total. The van der Waals surface area contributed by atoms with Crippen molar-refractivity contribution in [3.8, 4) is 0 Å². The highest BCUT2D eigenvalue weighted by Crippen LogP contribution is 2.11. The normalized spacial score (nSPS) is 12.0. The third-order valence-electron chi connectivity index (χ3n) is 2.61. The summed E-state index contributed by atoms with van der Waals surface area (Å²) in [5.74, 6) is 0. The SMILES string of the molecule is CC(C)(C)OC(=O)NCCC=Cc1cc2cn[nH]c2cn1. The van der Waals surface area contributed by atoms with Gasteiger partial charge in [0.1, 0.15) is 5.60 Å². The van der Waals surface area contributed by atoms with Gasteiger partial charge in [0.25, 0.3) is 0 Å². The molecule has 21 heavy (non-hydrogen) atoms. The van der Waals surface area contributed by atoms with E-state index in [1.54, 1.807) is 12.4 Å². The molecule has 0 aliphatic carbocycles. The number of rotatable bonds is 4. The van der Waals surface area contributed by atoms with Crippen molar-refractivity contribution in [1.82, 2.24) is 20.5 Å². The minimum Gasteiger partial charge on any atom is -0.444 e. The van der Waals surface area contributed by atoms with Crippen LogP contribution in [0.2, 0.25) is 0 Å². The van der Waals surface area contributed by atoms with Crippen molar-refractivity contribution in [2.24, 2.45) is 0 Å². The molecule has 0 spiro atoms. The summed E-state index contributed by atoms with van der Waals surface area (Å²) in [7, 11) is 0. The monoisotopic (exact) mass is 288 g/mol. The molecule has 0 aliphatic rings. The minimum absolute atomic E-state index is 0.395. The van der Waals surface area contributed by atoms with Gasteiger partial charge < -0.3 is 10.1 Å². The Morgan fingerprint density at radius 1 is 1.43 bits per heavy atom. The maximum atomic E-state index is 11.4. The highest BCUT2D eigenvalue weighted by molar-refractivity contribution is 5.78. The molecule has 0 unspecified atom stereocenters. The number of ether oxygens (including phenoxy) is 1. The van der Waals surface area contributed by atoms with Crippen LogP contribution in [0.15, 0.2) is 24.5 Å². The third-order valence-corrected chi connectivity index (χ3v) is 2.61. The standard InChI is InChI=1S/C15H20N4O2/c1-15(2,3)21-14(20)16-7-5-4-6-12-8-11-9-18-19-13(11)10-17-12/h4,6,8-10H,5,7H2,1-3H3,(H,16,20)(H,18,19). The molecule has 6 heteroatoms. The van der Waals surface area contributed by atoms with E-state index in [0.29, 0.717) is 13.0 Å². The Morgan fingerprint density at radius 2 is 2.24 bits per heavy atom. The summed E-state index contributed by atoms with van der Waals surface area (Å²) in [4.78, 5) is 15.7. The van der Waals surface area contributed by atoms with Crippen molar-refractivity contribution >= 4 is 23.1 Å². The summed E-state index contributed by atoms with van der Waals surface area (Å²) in [5.41, 5.74) is 1.31. The lowest BCUT2D eigenvalue weighted by Crippen LogP contribution is -2.32. The highest BCUT2D eigenvalue weighted by atomic mass is 16.6. The van der Waals surface area contributed by atoms with Crippen molar-refractivity contribution in [3.63, 3.8) is 0 Å². The number of aromatic amines is 1. The minimum atomic E-state index is -0.468. The van der Waals surface area contributed by atoms with Gasteiger partial charge in [0, 0.05) is 11.9 Å². The lowest BCUT2D eigenvalue weighted by Gasteiger charge is -2.19. The zero-order valence-electron chi connectivity index (χ0n) is 12.5. The van der Waals surface area contributed by atoms with E-state index in [1.807, 2.05) is 39.0 Å². The number of alkyl carbamates (subject to hydrolysis) is 1. The van der Waals surface area contributed by atoms with E-state index in [1.165, 1.54) is 0 Å². The van der Waals surface area contributed by atoms with Gasteiger partial charge in [0.15, 0.2) is 0 Å². The van der Waals surface area contributed by atoms with E-state index in [-0.39, 0.29) is 0 Å². The van der Waals surface area contributed by atoms with Gasteiger partial charge >= 0.3 is 6.09 Å². The van der Waals surface area contributed by atoms with Crippen LogP contribution in [0, 0.1) is 0 Å². The molecule has 0 aliphatic heterocycles. The summed E-state index contributed by atoms with van der Waals surface area (Å²) in [5, 5.41) is 10.5. The molecule has 0 atom stereocenters. The number of nitrogens with zero attached hydrogens (tertiary/aromatic N) is 2. The van der Waals surface area contributed by atoms with Crippen LogP contribution in [0.3, 0.4) is 0 Å². The van der Waals surface area contributed by atoms with Crippen molar-refractivity contribution < 1.29 is 9.53 Å². The van der Waals surface area contributed by atoms with Gasteiger partial charge in [-0.3, -0.25) is 10.1 Å². The van der Waals surface area contributed by atoms with Crippen LogP contribution in [-0.2, 0) is 4.74 Å². The predicted octanol–water partition coefficient (Wildman–Crippen LogP) is 2.89. The molecule has 0 fully saturated rings. The lowest BCUT2D eigenvalue weighted by atomic mass is 10.2. The molecule has 6 nitrogen and oxygen atoms in total. The molecule has 0 saturated carbocycles. The Labute approximate surface area is 123 Å². The maximum absolute atomic E-state index is 11.4. The van der Waals surface area contributed by atoms with Crippen molar-refractivity contribution in [2.45, 2.75) is 32.8 Å². The van der Waals surface area contributed by atoms with E-state index in [0.717, 1.165) is 16.6 Å². The largest absolute Gasteiger partial charge is 0.444 e. The fraction of sp³-hybridized carbons (Fsp3) is 0.400. The lowest BCUT2D eigenvalue weighted by molar-refractivity contribution is 0.0529. The number of nitrogens with one attached hydrogen (secondary N) is 2. The first-order chi connectivity index (χ1) is 9.94. The van der Waals surface area contributed by atoms with Gasteiger partial charge in [-0.2, -0.15) is 5.10 Å². The van der Waals surface area contributed by atoms with Gasteiger partial charge in [-0.1, -0.05) is 6.08 Å². The number of fused-ring (bicyclic) bond motifs is 1. The van der Waals surface area contributed by atoms with Crippen LogP contribution >= 0.6 is 0 Å². The zero-order valence-corrected chi connectivity index (χ0v) is 12.5. The molecule has 2 heterocycles. The van der Waals surface area contributed by atoms with Gasteiger partial charge in [0.2, 0.25) is 0 Å². The highest BCUT2D eigenvalue weighted by Gasteiger charge is 2.15. The number of carbonyl (C=O) groups is 1. The topological polar surface area (TPSA) is 79.9 Å². The van der Waals surface area contributed by atoms with E-state index in [4.69, 9.17) is 4.74 Å². The average molecular weight is 288 g/mol. The van der Waals surface area contributed by atoms with E-state index >= 15 is 0 Å². The number of hydrogen-bond donors (Lipinski definition) is 2. The van der Waals surface area contributed by atoms with Gasteiger partial charge in [-0.05, 0) is 39.3 Å². The average Bonchev–Trinajstić information content (AvgIpc) is 2.83. The molecule has 2 rings (SSSR count). The third kappa shape index (κ3) is 4.91. The van der Waals surface area contributed by atoms with E-state index in [2.05, 4.69) is 20.5 Å². The first kappa shape index (κ1) is 15.0. The second-order valence-electron chi connectivity index (χ2n) is 5.69. The molecule has 0 radical (unpaired) electrons. The second-order valence-corrected chi connectivity index (χ2v) is 5.69. The molecule has 2 aromatic rings. The first-order valence-electron chi connectivity index (χ1n) is 6.86. The fourth-order valence-corrected chi connectivity index (χ4v) is 1.73. The summed E-state index contributed by atoms with van der Waals surface area (Å²) in [6, 6.07) is 1.95. The molecular formula is C15H20N4O2. The molecule has 0 saturated heterocycles. The van der Waals surface area contributed by atoms with E-state index < -0.39 is 11.7 Å². The number of pyridine rings is 1. The van der Waals surface area contributed by atoms with Crippen LogP contribution in [-0.4, -0.2) is 33.4 Å². The Bertz CT molecular complexity index is 640. The van der Waals surface area contributed by atoms with Gasteiger partial charge in [-0.15, -0.1) is 0 Å². The number of H-pyrrole nitrogens is 1. The summed E-state index contributed by atoms with van der Waals surface area (Å²) in [6.07, 6.45) is 7.72. The van der Waals surface area contributed by atoms with Crippen LogP contribution in [0.5, 0.6) is 0 Å². The van der Waals surface area contributed by atoms with Crippen LogP contribution in [0.1, 0.15) is 32.9 Å². The molecular weight excluding hydrogens is 268 g/mol. The summed E-state index contributed by atoms with van der Waals surface area (Å²) < 4.78 is 5.14. The molecule has 2 aromatic heterocycles. The predicted molar refractivity (Wildman–Crippen MR) is 81.8 cm³/mol. The van der Waals surface area contributed by atoms with Crippen molar-refractivity contribution in [1.29, 1.82) is 0 Å². The smallest absolute Gasteiger partial charge is 0.407 e. The van der Waals surface area contributed by atoms with E-state index in [9.17, 15) is 4.79 Å². The first-order valence-corrected chi connectivity index (χ1v) is 6.86. The Kier molecular flexibility index (Phi) is 4.57. The molecule has 1 amide bonds. The fourth-order valence-electron chi connectivity index (χ4n) is 1.73. The number of hydrogen-bond acceptors (Lipinski definition) is 4. The van der Waals surface area contributed by atoms with Gasteiger partial charge in [0.05, 0.1) is 23.6 Å². The Hall–Kier alpha value is -2.37. The number of aromatic nitrogens is 3. The van der Waals surface area contributed by atoms with Crippen molar-refractivity contribution in [2.75, 3.05) is 6.54 Å². The summed E-state index contributed by atoms with van der Waals surface area (Å²) in [6.45, 7) is 6.04. The van der Waals surface area contributed by atoms with Crippen LogP contribution < -0.4 is 5.32 Å². The maximum Gasteiger partial charge on any atom is 0.407 e. The quantitative estimate of drug-likeness (QED) is 0.848. The van der Waals surface area contributed by atoms with Crippen LogP contribution in [0.4, 0.5) is 4.79 Å². The molecule has 112 valence electrons. The van der Waals surface area contributed by atoms with Gasteiger partial charge in [-0.25, -0.2) is 4.79 Å². The zero-order chi connectivity index (χ0) is 15.3. The molecule has 0 aromatic carbocycles. The number of amides is 1. The molecule has 0 bridgehead atoms.